The fraction of sp³-hybridized carbons (Fsp3) is 0.310. The van der Waals surface area contributed by atoms with Gasteiger partial charge >= 0.3 is 0 Å². The molecule has 0 unspecified atom stereocenters. The molecule has 1 heterocycles. The summed E-state index contributed by atoms with van der Waals surface area (Å²) in [6, 6.07) is 26.3. The minimum atomic E-state index is -0.0390. The summed E-state index contributed by atoms with van der Waals surface area (Å²) in [5, 5.41) is 3.01. The number of hydrogen-bond donors (Lipinski definition) is 1. The molecule has 0 fully saturated rings. The SMILES string of the molecule is COc1ccc(C(=O)NCCCCCc2nc3ccccc3n2CCCc2ccccc2)cc1. The molecular weight excluding hydrogens is 422 g/mol. The van der Waals surface area contributed by atoms with Gasteiger partial charge in [-0.1, -0.05) is 48.9 Å². The second kappa shape index (κ2) is 12.0. The van der Waals surface area contributed by atoms with Crippen molar-refractivity contribution < 1.29 is 9.53 Å². The first-order valence-corrected chi connectivity index (χ1v) is 12.1. The summed E-state index contributed by atoms with van der Waals surface area (Å²) in [7, 11) is 1.62. The van der Waals surface area contributed by atoms with Gasteiger partial charge in [-0.25, -0.2) is 4.98 Å². The van der Waals surface area contributed by atoms with Crippen molar-refractivity contribution in [3.8, 4) is 5.75 Å². The average Bonchev–Trinajstić information content (AvgIpc) is 3.24. The maximum atomic E-state index is 12.3. The Morgan fingerprint density at radius 2 is 1.62 bits per heavy atom. The molecule has 0 bridgehead atoms. The van der Waals surface area contributed by atoms with Gasteiger partial charge in [0.2, 0.25) is 0 Å². The number of carbonyl (C=O) groups is 1. The van der Waals surface area contributed by atoms with Crippen molar-refractivity contribution >= 4 is 16.9 Å². The number of carbonyl (C=O) groups excluding carboxylic acids is 1. The number of hydrogen-bond acceptors (Lipinski definition) is 3. The van der Waals surface area contributed by atoms with Gasteiger partial charge in [-0.3, -0.25) is 4.79 Å². The van der Waals surface area contributed by atoms with E-state index in [1.165, 1.54) is 11.1 Å². The van der Waals surface area contributed by atoms with Crippen LogP contribution in [-0.4, -0.2) is 29.1 Å². The highest BCUT2D eigenvalue weighted by Gasteiger charge is 2.10. The Kier molecular flexibility index (Phi) is 8.33. The van der Waals surface area contributed by atoms with Crippen LogP contribution in [0.3, 0.4) is 0 Å². The van der Waals surface area contributed by atoms with Gasteiger partial charge < -0.3 is 14.6 Å². The molecule has 4 rings (SSSR count). The molecule has 34 heavy (non-hydrogen) atoms. The Morgan fingerprint density at radius 3 is 2.41 bits per heavy atom. The van der Waals surface area contributed by atoms with Gasteiger partial charge in [-0.2, -0.15) is 0 Å². The number of imidazole rings is 1. The summed E-state index contributed by atoms with van der Waals surface area (Å²) in [4.78, 5) is 17.2. The van der Waals surface area contributed by atoms with E-state index in [-0.39, 0.29) is 5.91 Å². The van der Waals surface area contributed by atoms with Gasteiger partial charge in [0.25, 0.3) is 5.91 Å². The molecule has 176 valence electrons. The fourth-order valence-electron chi connectivity index (χ4n) is 4.28. The molecule has 4 aromatic rings. The molecule has 0 saturated carbocycles. The first-order valence-electron chi connectivity index (χ1n) is 12.1. The van der Waals surface area contributed by atoms with Gasteiger partial charge in [-0.05, 0) is 67.6 Å². The van der Waals surface area contributed by atoms with Crippen LogP contribution in [-0.2, 0) is 19.4 Å². The molecule has 0 atom stereocenters. The highest BCUT2D eigenvalue weighted by molar-refractivity contribution is 5.94. The van der Waals surface area contributed by atoms with E-state index in [1.54, 1.807) is 31.4 Å². The van der Waals surface area contributed by atoms with Gasteiger partial charge in [0, 0.05) is 25.1 Å². The number of nitrogens with zero attached hydrogens (tertiary/aromatic N) is 2. The monoisotopic (exact) mass is 455 g/mol. The number of aromatic nitrogens is 2. The first kappa shape index (κ1) is 23.6. The molecule has 0 aliphatic rings. The third-order valence-electron chi connectivity index (χ3n) is 6.14. The van der Waals surface area contributed by atoms with Gasteiger partial charge in [0.15, 0.2) is 0 Å². The minimum Gasteiger partial charge on any atom is -0.497 e. The zero-order chi connectivity index (χ0) is 23.6. The van der Waals surface area contributed by atoms with Crippen molar-refractivity contribution in [2.45, 2.75) is 45.1 Å². The predicted molar refractivity (Wildman–Crippen MR) is 137 cm³/mol. The average molecular weight is 456 g/mol. The molecular formula is C29H33N3O2. The lowest BCUT2D eigenvalue weighted by molar-refractivity contribution is 0.0953. The number of nitrogens with one attached hydrogen (secondary N) is 1. The van der Waals surface area contributed by atoms with Crippen molar-refractivity contribution in [3.05, 3.63) is 95.8 Å². The van der Waals surface area contributed by atoms with Gasteiger partial charge in [0.1, 0.15) is 11.6 Å². The van der Waals surface area contributed by atoms with E-state index in [2.05, 4.69) is 64.5 Å². The molecule has 0 spiro atoms. The highest BCUT2D eigenvalue weighted by atomic mass is 16.5. The third-order valence-corrected chi connectivity index (χ3v) is 6.14. The molecule has 0 radical (unpaired) electrons. The molecule has 3 aromatic carbocycles. The Morgan fingerprint density at radius 1 is 0.853 bits per heavy atom. The van der Waals surface area contributed by atoms with Crippen LogP contribution >= 0.6 is 0 Å². The Hall–Kier alpha value is -3.60. The number of methoxy groups -OCH3 is 1. The van der Waals surface area contributed by atoms with Crippen LogP contribution in [0, 0.1) is 0 Å². The summed E-state index contributed by atoms with van der Waals surface area (Å²) >= 11 is 0. The molecule has 1 amide bonds. The Bertz CT molecular complexity index is 1180. The topological polar surface area (TPSA) is 56.1 Å². The number of benzene rings is 3. The molecule has 0 aliphatic carbocycles. The maximum Gasteiger partial charge on any atom is 0.251 e. The highest BCUT2D eigenvalue weighted by Crippen LogP contribution is 2.19. The smallest absolute Gasteiger partial charge is 0.251 e. The van der Waals surface area contributed by atoms with Crippen LogP contribution in [0.4, 0.5) is 0 Å². The molecule has 1 N–H and O–H groups in total. The van der Waals surface area contributed by atoms with Crippen molar-refractivity contribution in [2.24, 2.45) is 0 Å². The molecule has 5 heteroatoms. The van der Waals surface area contributed by atoms with Crippen molar-refractivity contribution in [1.29, 1.82) is 0 Å². The van der Waals surface area contributed by atoms with E-state index >= 15 is 0 Å². The van der Waals surface area contributed by atoms with E-state index in [0.29, 0.717) is 12.1 Å². The number of aryl methyl sites for hydroxylation is 3. The predicted octanol–water partition coefficient (Wildman–Crippen LogP) is 5.82. The lowest BCUT2D eigenvalue weighted by Gasteiger charge is -2.10. The van der Waals surface area contributed by atoms with E-state index < -0.39 is 0 Å². The quantitative estimate of drug-likeness (QED) is 0.274. The van der Waals surface area contributed by atoms with Crippen LogP contribution < -0.4 is 10.1 Å². The van der Waals surface area contributed by atoms with Crippen LogP contribution in [0.2, 0.25) is 0 Å². The van der Waals surface area contributed by atoms with E-state index in [4.69, 9.17) is 9.72 Å². The molecule has 0 aliphatic heterocycles. The molecule has 0 saturated heterocycles. The zero-order valence-corrected chi connectivity index (χ0v) is 19.9. The second-order valence-corrected chi connectivity index (χ2v) is 8.55. The van der Waals surface area contributed by atoms with Crippen LogP contribution in [0.15, 0.2) is 78.9 Å². The maximum absolute atomic E-state index is 12.3. The standard InChI is InChI=1S/C29H33N3O2/c1-34-25-19-17-24(18-20-25)29(33)30-21-9-3-6-16-28-31-26-14-7-8-15-27(26)32(28)22-10-13-23-11-4-2-5-12-23/h2,4-5,7-8,11-12,14-15,17-20H,3,6,9-10,13,16,21-22H2,1H3,(H,30,33). The lowest BCUT2D eigenvalue weighted by atomic mass is 10.1. The lowest BCUT2D eigenvalue weighted by Crippen LogP contribution is -2.24. The summed E-state index contributed by atoms with van der Waals surface area (Å²) in [6.45, 7) is 1.65. The van der Waals surface area contributed by atoms with Crippen molar-refractivity contribution in [3.63, 3.8) is 0 Å². The summed E-state index contributed by atoms with van der Waals surface area (Å²) in [6.07, 6.45) is 6.18. The number of rotatable bonds is 12. The number of unbranched alkanes of at least 4 members (excludes halogenated alkanes) is 2. The Labute approximate surface area is 201 Å². The first-order chi connectivity index (χ1) is 16.7. The normalized spacial score (nSPS) is 11.0. The van der Waals surface area contributed by atoms with E-state index in [1.807, 2.05) is 0 Å². The van der Waals surface area contributed by atoms with Gasteiger partial charge in [0.05, 0.1) is 18.1 Å². The number of fused-ring (bicyclic) bond motifs is 1. The summed E-state index contributed by atoms with van der Waals surface area (Å²) in [5.41, 5.74) is 4.33. The third kappa shape index (κ3) is 6.25. The Balaban J connectivity index is 1.25. The molecule has 5 nitrogen and oxygen atoms in total. The summed E-state index contributed by atoms with van der Waals surface area (Å²) in [5.74, 6) is 1.88. The van der Waals surface area contributed by atoms with E-state index in [9.17, 15) is 4.79 Å². The zero-order valence-electron chi connectivity index (χ0n) is 19.9. The number of para-hydroxylation sites is 2. The van der Waals surface area contributed by atoms with Crippen LogP contribution in [0.25, 0.3) is 11.0 Å². The van der Waals surface area contributed by atoms with Gasteiger partial charge in [-0.15, -0.1) is 0 Å². The largest absolute Gasteiger partial charge is 0.497 e. The number of ether oxygens (including phenoxy) is 1. The number of amides is 1. The van der Waals surface area contributed by atoms with Crippen molar-refractivity contribution in [1.82, 2.24) is 14.9 Å². The van der Waals surface area contributed by atoms with E-state index in [0.717, 1.165) is 62.2 Å². The molecule has 1 aromatic heterocycles. The second-order valence-electron chi connectivity index (χ2n) is 8.55. The minimum absolute atomic E-state index is 0.0390. The van der Waals surface area contributed by atoms with Crippen molar-refractivity contribution in [2.75, 3.05) is 13.7 Å². The van der Waals surface area contributed by atoms with Crippen LogP contribution in [0.1, 0.15) is 47.4 Å². The summed E-state index contributed by atoms with van der Waals surface area (Å²) < 4.78 is 7.53. The van der Waals surface area contributed by atoms with Crippen LogP contribution in [0.5, 0.6) is 5.75 Å². The fourth-order valence-corrected chi connectivity index (χ4v) is 4.28.